The van der Waals surface area contributed by atoms with Crippen molar-refractivity contribution in [1.29, 1.82) is 0 Å². The van der Waals surface area contributed by atoms with E-state index in [2.05, 4.69) is 5.10 Å². The molecule has 1 aromatic rings. The highest BCUT2D eigenvalue weighted by atomic mass is 19.4. The summed E-state index contributed by atoms with van der Waals surface area (Å²) in [4.78, 5) is 0. The average molecular weight is 346 g/mol. The lowest BCUT2D eigenvalue weighted by atomic mass is 10.2. The number of nitrogens with zero attached hydrogens (tertiary/aromatic N) is 1. The van der Waals surface area contributed by atoms with Gasteiger partial charge in [0.05, 0.1) is 12.8 Å². The summed E-state index contributed by atoms with van der Waals surface area (Å²) in [6.07, 6.45) is -4.95. The van der Waals surface area contributed by atoms with Crippen molar-refractivity contribution < 1.29 is 35.5 Å². The number of benzene rings is 1. The molecule has 130 valence electrons. The van der Waals surface area contributed by atoms with Crippen LogP contribution < -0.4 is 10.2 Å². The summed E-state index contributed by atoms with van der Waals surface area (Å²) < 4.78 is 91.8. The van der Waals surface area contributed by atoms with Crippen LogP contribution in [0.4, 0.5) is 30.7 Å². The van der Waals surface area contributed by atoms with Gasteiger partial charge in [-0.15, -0.1) is 0 Å². The second kappa shape index (κ2) is 7.05. The van der Waals surface area contributed by atoms with Crippen LogP contribution in [0.5, 0.6) is 5.75 Å². The van der Waals surface area contributed by atoms with Gasteiger partial charge < -0.3 is 4.74 Å². The summed E-state index contributed by atoms with van der Waals surface area (Å²) >= 11 is 0. The molecule has 0 aliphatic heterocycles. The highest BCUT2D eigenvalue weighted by Crippen LogP contribution is 2.44. The maximum atomic E-state index is 12.9. The van der Waals surface area contributed by atoms with Crippen LogP contribution in [0.3, 0.4) is 0 Å². The Morgan fingerprint density at radius 3 is 2.09 bits per heavy atom. The Bertz CT molecular complexity index is 526. The number of hydrazone groups is 1. The Hall–Kier alpha value is -2.00. The smallest absolute Gasteiger partial charge is 0.462 e. The Balaban J connectivity index is 2.71. The highest BCUT2D eigenvalue weighted by Gasteiger charge is 2.73. The topological polar surface area (TPSA) is 33.6 Å². The molecule has 1 aromatic carbocycles. The molecular weight excluding hydrogens is 333 g/mol. The third-order valence-electron chi connectivity index (χ3n) is 2.52. The Kier molecular flexibility index (Phi) is 5.84. The molecule has 0 unspecified atom stereocenters. The fourth-order valence-corrected chi connectivity index (χ4v) is 1.31. The fraction of sp³-hybridized carbons (Fsp3) is 0.462. The van der Waals surface area contributed by atoms with Gasteiger partial charge >= 0.3 is 18.1 Å². The maximum absolute atomic E-state index is 12.9. The van der Waals surface area contributed by atoms with Crippen molar-refractivity contribution in [3.8, 4) is 5.75 Å². The molecule has 0 aliphatic rings. The van der Waals surface area contributed by atoms with E-state index in [1.54, 1.807) is 0 Å². The highest BCUT2D eigenvalue weighted by molar-refractivity contribution is 5.79. The van der Waals surface area contributed by atoms with Gasteiger partial charge in [-0.25, -0.2) is 5.43 Å². The van der Waals surface area contributed by atoms with E-state index in [1.165, 1.54) is 24.3 Å². The van der Waals surface area contributed by atoms with E-state index in [-0.39, 0.29) is 5.56 Å². The second-order valence-corrected chi connectivity index (χ2v) is 4.43. The molecule has 23 heavy (non-hydrogen) atoms. The molecule has 0 aliphatic carbocycles. The fourth-order valence-electron chi connectivity index (χ4n) is 1.31. The summed E-state index contributed by atoms with van der Waals surface area (Å²) in [5.74, 6) is -5.76. The van der Waals surface area contributed by atoms with Crippen molar-refractivity contribution >= 4 is 6.21 Å². The van der Waals surface area contributed by atoms with E-state index in [9.17, 15) is 30.7 Å². The molecule has 3 nitrogen and oxygen atoms in total. The summed E-state index contributed by atoms with van der Waals surface area (Å²) in [5.41, 5.74) is 0.739. The van der Waals surface area contributed by atoms with Crippen LogP contribution in [0.15, 0.2) is 29.4 Å². The molecule has 0 heterocycles. The van der Waals surface area contributed by atoms with Gasteiger partial charge in [0.1, 0.15) is 5.75 Å². The normalized spacial score (nSPS) is 13.4. The molecule has 0 spiro atoms. The summed E-state index contributed by atoms with van der Waals surface area (Å²) in [5, 5.41) is 2.74. The van der Waals surface area contributed by atoms with E-state index in [4.69, 9.17) is 4.74 Å². The van der Waals surface area contributed by atoms with E-state index in [0.717, 1.165) is 6.42 Å². The number of rotatable bonds is 7. The van der Waals surface area contributed by atoms with E-state index >= 15 is 0 Å². The lowest BCUT2D eigenvalue weighted by molar-refractivity contribution is -0.361. The molecular formula is C13H13F7N2O. The monoisotopic (exact) mass is 346 g/mol. The van der Waals surface area contributed by atoms with Crippen LogP contribution >= 0.6 is 0 Å². The van der Waals surface area contributed by atoms with Crippen molar-refractivity contribution in [3.63, 3.8) is 0 Å². The molecule has 0 aromatic heterocycles. The quantitative estimate of drug-likeness (QED) is 0.348. The largest absolute Gasteiger partial charge is 0.494 e. The zero-order valence-corrected chi connectivity index (χ0v) is 11.8. The molecule has 0 saturated heterocycles. The Labute approximate surface area is 127 Å². The number of nitrogens with one attached hydrogen (secondary N) is 1. The Morgan fingerprint density at radius 1 is 1.04 bits per heavy atom. The van der Waals surface area contributed by atoms with Crippen LogP contribution in [0.1, 0.15) is 18.9 Å². The number of hydrogen-bond acceptors (Lipinski definition) is 3. The van der Waals surface area contributed by atoms with Crippen LogP contribution in [0, 0.1) is 0 Å². The molecule has 0 saturated carbocycles. The summed E-state index contributed by atoms with van der Waals surface area (Å²) in [6, 6.07) is 0.108. The van der Waals surface area contributed by atoms with E-state index in [1.807, 2.05) is 6.92 Å². The summed E-state index contributed by atoms with van der Waals surface area (Å²) in [6.45, 7) is 2.36. The number of alkyl halides is 7. The standard InChI is InChI=1S/C13H13F7N2O/c1-2-7-23-10-5-3-9(4-6-10)8-21-22-13(19,20)11(14,15)12(16,17)18/h3-6,8,22H,2,7H2,1H3/b21-8+. The summed E-state index contributed by atoms with van der Waals surface area (Å²) in [7, 11) is 0. The molecule has 0 amide bonds. The van der Waals surface area contributed by atoms with Gasteiger partial charge in [0.2, 0.25) is 0 Å². The molecule has 0 atom stereocenters. The van der Waals surface area contributed by atoms with Crippen LogP contribution in [0.25, 0.3) is 0 Å². The second-order valence-electron chi connectivity index (χ2n) is 4.43. The lowest BCUT2D eigenvalue weighted by Crippen LogP contribution is -2.58. The van der Waals surface area contributed by atoms with Gasteiger partial charge in [-0.05, 0) is 36.2 Å². The van der Waals surface area contributed by atoms with Crippen molar-refractivity contribution in [3.05, 3.63) is 29.8 Å². The predicted octanol–water partition coefficient (Wildman–Crippen LogP) is 4.19. The zero-order valence-electron chi connectivity index (χ0n) is 11.8. The maximum Gasteiger partial charge on any atom is 0.462 e. The predicted molar refractivity (Wildman–Crippen MR) is 68.9 cm³/mol. The number of hydrogen-bond donors (Lipinski definition) is 1. The average Bonchev–Trinajstić information content (AvgIpc) is 2.45. The third-order valence-corrected chi connectivity index (χ3v) is 2.52. The van der Waals surface area contributed by atoms with Crippen LogP contribution in [-0.2, 0) is 0 Å². The Morgan fingerprint density at radius 2 is 1.61 bits per heavy atom. The van der Waals surface area contributed by atoms with Gasteiger partial charge in [0, 0.05) is 0 Å². The van der Waals surface area contributed by atoms with E-state index < -0.39 is 18.1 Å². The van der Waals surface area contributed by atoms with Gasteiger partial charge in [-0.1, -0.05) is 6.92 Å². The van der Waals surface area contributed by atoms with Crippen molar-refractivity contribution in [2.45, 2.75) is 31.5 Å². The van der Waals surface area contributed by atoms with Gasteiger partial charge in [-0.3, -0.25) is 0 Å². The number of halogens is 7. The molecule has 1 rings (SSSR count). The van der Waals surface area contributed by atoms with Gasteiger partial charge in [0.15, 0.2) is 0 Å². The molecule has 1 N–H and O–H groups in total. The number of ether oxygens (including phenoxy) is 1. The SMILES string of the molecule is CCCOc1ccc(/C=N/NC(F)(F)C(F)(F)C(F)(F)F)cc1. The lowest BCUT2D eigenvalue weighted by Gasteiger charge is -2.27. The van der Waals surface area contributed by atoms with Crippen LogP contribution in [0.2, 0.25) is 0 Å². The zero-order chi connectivity index (χ0) is 17.7. The minimum absolute atomic E-state index is 0.201. The van der Waals surface area contributed by atoms with E-state index in [0.29, 0.717) is 24.0 Å². The van der Waals surface area contributed by atoms with Crippen LogP contribution in [-0.4, -0.2) is 31.0 Å². The molecule has 0 bridgehead atoms. The minimum atomic E-state index is -6.41. The molecule has 0 fully saturated rings. The minimum Gasteiger partial charge on any atom is -0.494 e. The first-order valence-corrected chi connectivity index (χ1v) is 6.36. The molecule has 10 heteroatoms. The van der Waals surface area contributed by atoms with Gasteiger partial charge in [-0.2, -0.15) is 35.8 Å². The third kappa shape index (κ3) is 4.73. The van der Waals surface area contributed by atoms with Gasteiger partial charge in [0.25, 0.3) is 0 Å². The first-order chi connectivity index (χ1) is 10.5. The first-order valence-electron chi connectivity index (χ1n) is 6.36. The van der Waals surface area contributed by atoms with Crippen molar-refractivity contribution in [1.82, 2.24) is 5.43 Å². The van der Waals surface area contributed by atoms with Crippen molar-refractivity contribution in [2.75, 3.05) is 6.61 Å². The first kappa shape index (κ1) is 19.0. The van der Waals surface area contributed by atoms with Crippen molar-refractivity contribution in [2.24, 2.45) is 5.10 Å². The molecule has 0 radical (unpaired) electrons.